The lowest BCUT2D eigenvalue weighted by Gasteiger charge is -2.29. The van der Waals surface area contributed by atoms with E-state index in [1.165, 1.54) is 12.1 Å². The molecule has 1 aromatic rings. The lowest BCUT2D eigenvalue weighted by molar-refractivity contribution is -0.274. The number of carbonyl (C=O) groups is 1. The Kier molecular flexibility index (Phi) is 6.34. The molecule has 1 unspecified atom stereocenters. The summed E-state index contributed by atoms with van der Waals surface area (Å²) in [6.07, 6.45) is -4.76. The summed E-state index contributed by atoms with van der Waals surface area (Å²) >= 11 is 5.18. The molecule has 0 amide bonds. The van der Waals surface area contributed by atoms with Gasteiger partial charge in [0.25, 0.3) is 0 Å². The highest BCUT2D eigenvalue weighted by atomic mass is 35.5. The Morgan fingerprint density at radius 1 is 1.22 bits per heavy atom. The fourth-order valence-corrected chi connectivity index (χ4v) is 2.12. The molecule has 0 bridgehead atoms. The molecule has 0 aromatic heterocycles. The summed E-state index contributed by atoms with van der Waals surface area (Å²) < 4.78 is 45.4. The summed E-state index contributed by atoms with van der Waals surface area (Å²) in [6, 6.07) is 5.14. The van der Waals surface area contributed by atoms with Gasteiger partial charge in [0, 0.05) is 5.38 Å². The first-order valence-electron chi connectivity index (χ1n) is 6.65. The lowest BCUT2D eigenvalue weighted by Crippen LogP contribution is -2.28. The van der Waals surface area contributed by atoms with Gasteiger partial charge in [-0.05, 0) is 40.6 Å². The van der Waals surface area contributed by atoms with E-state index in [4.69, 9.17) is 16.3 Å². The third kappa shape index (κ3) is 6.41. The number of carbonyl (C=O) groups excluding carboxylic acids is 1. The van der Waals surface area contributed by atoms with Crippen molar-refractivity contribution in [2.75, 3.05) is 6.61 Å². The van der Waals surface area contributed by atoms with Crippen molar-refractivity contribution >= 4 is 17.6 Å². The van der Waals surface area contributed by atoms with Crippen molar-refractivity contribution in [2.24, 2.45) is 5.41 Å². The smallest absolute Gasteiger partial charge is 0.452 e. The molecule has 0 aliphatic heterocycles. The summed E-state index contributed by atoms with van der Waals surface area (Å²) in [4.78, 5) is 12.2. The average Bonchev–Trinajstić information content (AvgIpc) is 2.38. The van der Waals surface area contributed by atoms with Gasteiger partial charge in [0.15, 0.2) is 6.61 Å². The second-order valence-corrected chi connectivity index (χ2v) is 5.98. The van der Waals surface area contributed by atoms with Crippen molar-refractivity contribution in [3.8, 4) is 17.0 Å². The Labute approximate surface area is 137 Å². The number of benzene rings is 1. The number of hydrogen-bond acceptors (Lipinski definition) is 3. The first-order valence-corrected chi connectivity index (χ1v) is 7.03. The van der Waals surface area contributed by atoms with E-state index >= 15 is 0 Å². The van der Waals surface area contributed by atoms with Crippen LogP contribution in [0, 0.1) is 16.7 Å². The summed E-state index contributed by atoms with van der Waals surface area (Å²) in [5.41, 5.74) is 0.0218. The van der Waals surface area contributed by atoms with E-state index in [0.29, 0.717) is 5.56 Å². The summed E-state index contributed by atoms with van der Waals surface area (Å²) in [5.74, 6) is 0.854. The van der Waals surface area contributed by atoms with Crippen LogP contribution >= 0.6 is 11.6 Å². The molecular weight excluding hydrogens is 333 g/mol. The Morgan fingerprint density at radius 2 is 1.78 bits per heavy atom. The second kappa shape index (κ2) is 7.60. The number of hydrogen-bond donors (Lipinski definition) is 0. The molecule has 126 valence electrons. The van der Waals surface area contributed by atoms with E-state index in [0.717, 1.165) is 12.1 Å². The normalized spacial score (nSPS) is 12.8. The van der Waals surface area contributed by atoms with E-state index in [1.807, 2.05) is 20.8 Å². The Bertz CT molecular complexity index is 592. The van der Waals surface area contributed by atoms with Gasteiger partial charge in [-0.1, -0.05) is 32.9 Å². The predicted molar refractivity (Wildman–Crippen MR) is 79.9 cm³/mol. The standard InChI is InChI=1S/C16H16ClF3O3/c1-15(2,3)13(14(21)22-10-4-9-17)11-5-7-12(8-6-11)23-16(18,19)20/h5-8,13H,10H2,1-3H3. The fraction of sp³-hybridized carbons (Fsp3) is 0.438. The van der Waals surface area contributed by atoms with Crippen LogP contribution in [0.4, 0.5) is 13.2 Å². The number of ether oxygens (including phenoxy) is 2. The number of esters is 1. The van der Waals surface area contributed by atoms with Crippen molar-refractivity contribution < 1.29 is 27.4 Å². The monoisotopic (exact) mass is 348 g/mol. The molecule has 0 saturated heterocycles. The Hall–Kier alpha value is -1.87. The van der Waals surface area contributed by atoms with E-state index in [1.54, 1.807) is 0 Å². The lowest BCUT2D eigenvalue weighted by atomic mass is 9.76. The average molecular weight is 349 g/mol. The molecule has 7 heteroatoms. The molecule has 0 N–H and O–H groups in total. The van der Waals surface area contributed by atoms with E-state index < -0.39 is 23.7 Å². The summed E-state index contributed by atoms with van der Waals surface area (Å²) in [7, 11) is 0. The molecule has 0 spiro atoms. The van der Waals surface area contributed by atoms with Crippen LogP contribution in [0.25, 0.3) is 0 Å². The van der Waals surface area contributed by atoms with Gasteiger partial charge in [0.2, 0.25) is 0 Å². The molecule has 0 fully saturated rings. The van der Waals surface area contributed by atoms with Crippen molar-refractivity contribution in [1.82, 2.24) is 0 Å². The second-order valence-electron chi connectivity index (χ2n) is 5.79. The molecule has 1 rings (SSSR count). The van der Waals surface area contributed by atoms with E-state index in [9.17, 15) is 18.0 Å². The minimum absolute atomic E-state index is 0.149. The quantitative estimate of drug-likeness (QED) is 0.595. The molecular formula is C16H16ClF3O3. The van der Waals surface area contributed by atoms with Crippen LogP contribution in [-0.4, -0.2) is 18.9 Å². The van der Waals surface area contributed by atoms with Crippen molar-refractivity contribution in [2.45, 2.75) is 33.1 Å². The van der Waals surface area contributed by atoms with E-state index in [-0.39, 0.29) is 12.4 Å². The molecule has 0 aliphatic rings. The van der Waals surface area contributed by atoms with Crippen molar-refractivity contribution in [3.05, 3.63) is 29.8 Å². The van der Waals surface area contributed by atoms with Crippen LogP contribution in [0.3, 0.4) is 0 Å². The van der Waals surface area contributed by atoms with Crippen LogP contribution in [0.1, 0.15) is 32.3 Å². The van der Waals surface area contributed by atoms with Crippen LogP contribution < -0.4 is 4.74 Å². The van der Waals surface area contributed by atoms with Gasteiger partial charge in [-0.25, -0.2) is 0 Å². The topological polar surface area (TPSA) is 35.5 Å². The first-order chi connectivity index (χ1) is 10.5. The molecule has 1 atom stereocenters. The van der Waals surface area contributed by atoms with Gasteiger partial charge >= 0.3 is 12.3 Å². The molecule has 0 saturated carbocycles. The number of rotatable bonds is 4. The maximum atomic E-state index is 12.2. The van der Waals surface area contributed by atoms with Crippen molar-refractivity contribution in [3.63, 3.8) is 0 Å². The zero-order valence-corrected chi connectivity index (χ0v) is 13.6. The molecule has 23 heavy (non-hydrogen) atoms. The third-order valence-corrected chi connectivity index (χ3v) is 3.04. The maximum Gasteiger partial charge on any atom is 0.573 e. The summed E-state index contributed by atoms with van der Waals surface area (Å²) in [5, 5.41) is 2.09. The largest absolute Gasteiger partial charge is 0.573 e. The van der Waals surface area contributed by atoms with Gasteiger partial charge in [-0.15, -0.1) is 13.2 Å². The molecule has 0 heterocycles. The van der Waals surface area contributed by atoms with Crippen LogP contribution in [0.15, 0.2) is 24.3 Å². The fourth-order valence-electron chi connectivity index (χ4n) is 2.07. The Balaban J connectivity index is 2.99. The van der Waals surface area contributed by atoms with E-state index in [2.05, 4.69) is 16.0 Å². The highest BCUT2D eigenvalue weighted by Gasteiger charge is 2.35. The minimum atomic E-state index is -4.76. The predicted octanol–water partition coefficient (Wildman–Crippen LogP) is 4.46. The van der Waals surface area contributed by atoms with Gasteiger partial charge in [-0.2, -0.15) is 0 Å². The zero-order chi connectivity index (χ0) is 17.7. The number of halogens is 4. The van der Waals surface area contributed by atoms with Gasteiger partial charge < -0.3 is 9.47 Å². The minimum Gasteiger partial charge on any atom is -0.452 e. The van der Waals surface area contributed by atoms with Crippen LogP contribution in [-0.2, 0) is 9.53 Å². The van der Waals surface area contributed by atoms with Crippen LogP contribution in [0.2, 0.25) is 0 Å². The molecule has 0 radical (unpaired) electrons. The summed E-state index contributed by atoms with van der Waals surface area (Å²) in [6.45, 7) is 5.33. The van der Waals surface area contributed by atoms with Crippen LogP contribution in [0.5, 0.6) is 5.75 Å². The van der Waals surface area contributed by atoms with Gasteiger partial charge in [-0.3, -0.25) is 4.79 Å². The highest BCUT2D eigenvalue weighted by molar-refractivity contribution is 6.30. The Morgan fingerprint density at radius 3 is 2.22 bits per heavy atom. The first kappa shape index (κ1) is 19.2. The molecule has 0 aliphatic carbocycles. The number of alkyl halides is 3. The van der Waals surface area contributed by atoms with Crippen molar-refractivity contribution in [1.29, 1.82) is 0 Å². The maximum absolute atomic E-state index is 12.2. The molecule has 3 nitrogen and oxygen atoms in total. The third-order valence-electron chi connectivity index (χ3n) is 2.90. The highest BCUT2D eigenvalue weighted by Crippen LogP contribution is 2.37. The van der Waals surface area contributed by atoms with Gasteiger partial charge in [0.1, 0.15) is 5.75 Å². The van der Waals surface area contributed by atoms with Gasteiger partial charge in [0.05, 0.1) is 5.92 Å². The molecule has 1 aromatic carbocycles. The zero-order valence-electron chi connectivity index (χ0n) is 12.8. The SMILES string of the molecule is CC(C)(C)C(C(=O)OCC#CCl)c1ccc(OC(F)(F)F)cc1.